The van der Waals surface area contributed by atoms with E-state index in [1.54, 1.807) is 0 Å². The third-order valence-electron chi connectivity index (χ3n) is 3.38. The molecule has 18 heavy (non-hydrogen) atoms. The van der Waals surface area contributed by atoms with Gasteiger partial charge >= 0.3 is 0 Å². The Morgan fingerprint density at radius 2 is 2.11 bits per heavy atom. The summed E-state index contributed by atoms with van der Waals surface area (Å²) < 4.78 is 5.63. The number of benzene rings is 1. The number of carbonyl (C=O) groups excluding carboxylic acids is 1. The van der Waals surface area contributed by atoms with E-state index >= 15 is 0 Å². The number of ether oxygens (including phenoxy) is 1. The topological polar surface area (TPSA) is 38.3 Å². The van der Waals surface area contributed by atoms with Gasteiger partial charge in [0, 0.05) is 19.1 Å². The Hall–Kier alpha value is -1.35. The number of amides is 1. The van der Waals surface area contributed by atoms with Gasteiger partial charge in [0.25, 0.3) is 0 Å². The fourth-order valence-corrected chi connectivity index (χ4v) is 2.39. The zero-order valence-electron chi connectivity index (χ0n) is 11.1. The number of hydrogen-bond acceptors (Lipinski definition) is 2. The van der Waals surface area contributed by atoms with Crippen molar-refractivity contribution in [3.63, 3.8) is 0 Å². The van der Waals surface area contributed by atoms with Gasteiger partial charge in [-0.1, -0.05) is 30.3 Å². The van der Waals surface area contributed by atoms with Gasteiger partial charge in [0.05, 0.1) is 5.60 Å². The van der Waals surface area contributed by atoms with Crippen molar-refractivity contribution >= 4 is 5.91 Å². The molecule has 0 radical (unpaired) electrons. The average molecular weight is 247 g/mol. The maximum atomic E-state index is 12.1. The van der Waals surface area contributed by atoms with Gasteiger partial charge in [0.15, 0.2) is 0 Å². The predicted octanol–water partition coefficient (Wildman–Crippen LogP) is 2.51. The summed E-state index contributed by atoms with van der Waals surface area (Å²) in [5, 5.41) is 3.01. The SMILES string of the molecule is CC1(C)CC(C(=O)NCc2ccccc2)CCO1. The maximum absolute atomic E-state index is 12.1. The third-order valence-corrected chi connectivity index (χ3v) is 3.38. The van der Waals surface area contributed by atoms with E-state index in [9.17, 15) is 4.79 Å². The van der Waals surface area contributed by atoms with E-state index in [-0.39, 0.29) is 17.4 Å². The van der Waals surface area contributed by atoms with Gasteiger partial charge in [0.1, 0.15) is 0 Å². The van der Waals surface area contributed by atoms with Crippen LogP contribution in [0.4, 0.5) is 0 Å². The van der Waals surface area contributed by atoms with E-state index in [0.29, 0.717) is 13.2 Å². The lowest BCUT2D eigenvalue weighted by molar-refractivity contribution is -0.135. The molecule has 1 saturated heterocycles. The molecule has 0 saturated carbocycles. The average Bonchev–Trinajstić information content (AvgIpc) is 2.36. The number of carbonyl (C=O) groups is 1. The van der Waals surface area contributed by atoms with E-state index < -0.39 is 0 Å². The molecule has 1 aliphatic rings. The highest BCUT2D eigenvalue weighted by Crippen LogP contribution is 2.28. The van der Waals surface area contributed by atoms with Gasteiger partial charge in [0.2, 0.25) is 5.91 Å². The van der Waals surface area contributed by atoms with Crippen molar-refractivity contribution in [2.75, 3.05) is 6.61 Å². The maximum Gasteiger partial charge on any atom is 0.223 e. The van der Waals surface area contributed by atoms with Crippen LogP contribution in [0.1, 0.15) is 32.3 Å². The van der Waals surface area contributed by atoms with Gasteiger partial charge in [-0.15, -0.1) is 0 Å². The Kier molecular flexibility index (Phi) is 4.02. The van der Waals surface area contributed by atoms with Crippen molar-refractivity contribution in [1.29, 1.82) is 0 Å². The third kappa shape index (κ3) is 3.57. The second-order valence-corrected chi connectivity index (χ2v) is 5.50. The second-order valence-electron chi connectivity index (χ2n) is 5.50. The molecule has 1 amide bonds. The van der Waals surface area contributed by atoms with Crippen molar-refractivity contribution in [2.24, 2.45) is 5.92 Å². The minimum atomic E-state index is -0.174. The van der Waals surface area contributed by atoms with Gasteiger partial charge in [-0.3, -0.25) is 4.79 Å². The van der Waals surface area contributed by atoms with Crippen LogP contribution in [0.15, 0.2) is 30.3 Å². The van der Waals surface area contributed by atoms with Crippen LogP contribution in [0.25, 0.3) is 0 Å². The van der Waals surface area contributed by atoms with Crippen LogP contribution in [-0.2, 0) is 16.1 Å². The van der Waals surface area contributed by atoms with Crippen LogP contribution >= 0.6 is 0 Å². The normalized spacial score (nSPS) is 22.4. The summed E-state index contributed by atoms with van der Waals surface area (Å²) in [6, 6.07) is 9.99. The molecule has 1 aromatic rings. The van der Waals surface area contributed by atoms with E-state index in [0.717, 1.165) is 18.4 Å². The van der Waals surface area contributed by atoms with Gasteiger partial charge in [-0.05, 0) is 32.3 Å². The number of rotatable bonds is 3. The molecule has 3 heteroatoms. The van der Waals surface area contributed by atoms with Crippen molar-refractivity contribution in [1.82, 2.24) is 5.32 Å². The lowest BCUT2D eigenvalue weighted by Gasteiger charge is -2.34. The first kappa shape index (κ1) is 13.1. The Morgan fingerprint density at radius 1 is 1.39 bits per heavy atom. The molecule has 1 unspecified atom stereocenters. The molecule has 1 aromatic carbocycles. The fraction of sp³-hybridized carbons (Fsp3) is 0.533. The van der Waals surface area contributed by atoms with Crippen LogP contribution in [0, 0.1) is 5.92 Å². The van der Waals surface area contributed by atoms with E-state index in [4.69, 9.17) is 4.74 Å². The Bertz CT molecular complexity index is 400. The highest BCUT2D eigenvalue weighted by Gasteiger charge is 2.32. The molecule has 1 N–H and O–H groups in total. The second kappa shape index (κ2) is 5.53. The summed E-state index contributed by atoms with van der Waals surface area (Å²) in [6.45, 7) is 5.38. The highest BCUT2D eigenvalue weighted by atomic mass is 16.5. The summed E-state index contributed by atoms with van der Waals surface area (Å²) in [7, 11) is 0. The molecule has 1 aliphatic heterocycles. The van der Waals surface area contributed by atoms with Crippen molar-refractivity contribution < 1.29 is 9.53 Å². The predicted molar refractivity (Wildman–Crippen MR) is 71.0 cm³/mol. The molecule has 3 nitrogen and oxygen atoms in total. The van der Waals surface area contributed by atoms with Crippen molar-refractivity contribution in [3.8, 4) is 0 Å². The first-order valence-corrected chi connectivity index (χ1v) is 6.52. The zero-order valence-corrected chi connectivity index (χ0v) is 11.1. The van der Waals surface area contributed by atoms with Gasteiger partial charge in [-0.2, -0.15) is 0 Å². The molecule has 98 valence electrons. The van der Waals surface area contributed by atoms with E-state index in [1.165, 1.54) is 0 Å². The summed E-state index contributed by atoms with van der Waals surface area (Å²) in [5.74, 6) is 0.229. The first-order chi connectivity index (χ1) is 8.57. The van der Waals surface area contributed by atoms with Crippen LogP contribution in [-0.4, -0.2) is 18.1 Å². The molecule has 2 rings (SSSR count). The largest absolute Gasteiger partial charge is 0.376 e. The lowest BCUT2D eigenvalue weighted by atomic mass is 9.88. The first-order valence-electron chi connectivity index (χ1n) is 6.52. The smallest absolute Gasteiger partial charge is 0.223 e. The monoisotopic (exact) mass is 247 g/mol. The molecule has 1 heterocycles. The summed E-state index contributed by atoms with van der Waals surface area (Å²) >= 11 is 0. The zero-order chi connectivity index (χ0) is 13.0. The number of hydrogen-bond donors (Lipinski definition) is 1. The standard InChI is InChI=1S/C15H21NO2/c1-15(2)10-13(8-9-18-15)14(17)16-11-12-6-4-3-5-7-12/h3-7,13H,8-11H2,1-2H3,(H,16,17). The Labute approximate surface area is 109 Å². The fourth-order valence-electron chi connectivity index (χ4n) is 2.39. The highest BCUT2D eigenvalue weighted by molar-refractivity contribution is 5.78. The van der Waals surface area contributed by atoms with Crippen LogP contribution in [0.5, 0.6) is 0 Å². The minimum Gasteiger partial charge on any atom is -0.376 e. The Morgan fingerprint density at radius 3 is 2.78 bits per heavy atom. The Balaban J connectivity index is 1.85. The quantitative estimate of drug-likeness (QED) is 0.891. The van der Waals surface area contributed by atoms with Crippen LogP contribution in [0.2, 0.25) is 0 Å². The minimum absolute atomic E-state index is 0.0810. The molecule has 0 spiro atoms. The van der Waals surface area contributed by atoms with E-state index in [2.05, 4.69) is 5.32 Å². The van der Waals surface area contributed by atoms with E-state index in [1.807, 2.05) is 44.2 Å². The van der Waals surface area contributed by atoms with Crippen LogP contribution < -0.4 is 5.32 Å². The van der Waals surface area contributed by atoms with Gasteiger partial charge in [-0.25, -0.2) is 0 Å². The molecule has 1 fully saturated rings. The lowest BCUT2D eigenvalue weighted by Crippen LogP contribution is -2.41. The van der Waals surface area contributed by atoms with Crippen molar-refractivity contribution in [2.45, 2.75) is 38.8 Å². The molecular weight excluding hydrogens is 226 g/mol. The molecule has 0 aromatic heterocycles. The molecule has 0 bridgehead atoms. The summed E-state index contributed by atoms with van der Waals surface area (Å²) in [6.07, 6.45) is 1.62. The summed E-state index contributed by atoms with van der Waals surface area (Å²) in [5.41, 5.74) is 0.963. The summed E-state index contributed by atoms with van der Waals surface area (Å²) in [4.78, 5) is 12.1. The van der Waals surface area contributed by atoms with Crippen molar-refractivity contribution in [3.05, 3.63) is 35.9 Å². The molecule has 1 atom stereocenters. The molecular formula is C15H21NO2. The molecule has 0 aliphatic carbocycles. The van der Waals surface area contributed by atoms with Gasteiger partial charge < -0.3 is 10.1 Å². The number of nitrogens with one attached hydrogen (secondary N) is 1. The van der Waals surface area contributed by atoms with Crippen LogP contribution in [0.3, 0.4) is 0 Å².